The van der Waals surface area contributed by atoms with E-state index in [4.69, 9.17) is 4.42 Å². The summed E-state index contributed by atoms with van der Waals surface area (Å²) < 4.78 is 5.73. The van der Waals surface area contributed by atoms with Gasteiger partial charge in [-0.15, -0.1) is 11.3 Å². The Bertz CT molecular complexity index is 1080. The highest BCUT2D eigenvalue weighted by Gasteiger charge is 2.12. The first kappa shape index (κ1) is 17.7. The number of thiazole rings is 1. The van der Waals surface area contributed by atoms with Gasteiger partial charge in [-0.05, 0) is 42.3 Å². The quantitative estimate of drug-likeness (QED) is 0.492. The predicted octanol–water partition coefficient (Wildman–Crippen LogP) is 4.21. The third-order valence-corrected chi connectivity index (χ3v) is 5.70. The molecule has 0 spiro atoms. The van der Waals surface area contributed by atoms with Crippen molar-refractivity contribution in [2.75, 3.05) is 0 Å². The lowest BCUT2D eigenvalue weighted by molar-refractivity contribution is 0.0946. The summed E-state index contributed by atoms with van der Waals surface area (Å²) in [5.74, 6) is 0.422. The highest BCUT2D eigenvalue weighted by molar-refractivity contribution is 7.98. The van der Waals surface area contributed by atoms with Gasteiger partial charge in [0.1, 0.15) is 16.2 Å². The third-order valence-electron chi connectivity index (χ3n) is 3.83. The molecule has 136 valence electrons. The fourth-order valence-electron chi connectivity index (χ4n) is 2.46. The molecular formula is C19H16N4O2S2. The summed E-state index contributed by atoms with van der Waals surface area (Å²) in [6, 6.07) is 9.66. The number of carbonyl (C=O) groups is 1. The van der Waals surface area contributed by atoms with Crippen molar-refractivity contribution in [1.29, 1.82) is 0 Å². The summed E-state index contributed by atoms with van der Waals surface area (Å²) in [7, 11) is 0. The summed E-state index contributed by atoms with van der Waals surface area (Å²) in [6.45, 7) is 2.48. The van der Waals surface area contributed by atoms with Gasteiger partial charge in [-0.1, -0.05) is 17.8 Å². The molecule has 3 heterocycles. The van der Waals surface area contributed by atoms with Crippen molar-refractivity contribution >= 4 is 40.1 Å². The van der Waals surface area contributed by atoms with Crippen LogP contribution in [0.3, 0.4) is 0 Å². The number of benzene rings is 1. The second-order valence-corrected chi connectivity index (χ2v) is 7.77. The van der Waals surface area contributed by atoms with Gasteiger partial charge in [0.05, 0.1) is 5.75 Å². The van der Waals surface area contributed by atoms with Crippen molar-refractivity contribution in [2.24, 2.45) is 0 Å². The molecule has 8 heteroatoms. The van der Waals surface area contributed by atoms with Crippen LogP contribution in [0, 0.1) is 6.92 Å². The lowest BCUT2D eigenvalue weighted by Crippen LogP contribution is -2.23. The number of amides is 1. The van der Waals surface area contributed by atoms with Crippen LogP contribution in [0.15, 0.2) is 57.7 Å². The monoisotopic (exact) mass is 396 g/mol. The van der Waals surface area contributed by atoms with Crippen LogP contribution in [-0.4, -0.2) is 20.9 Å². The first-order chi connectivity index (χ1) is 13.2. The van der Waals surface area contributed by atoms with Crippen LogP contribution in [0.2, 0.25) is 0 Å². The number of hydrogen-bond acceptors (Lipinski definition) is 7. The second-order valence-electron chi connectivity index (χ2n) is 5.90. The maximum Gasteiger partial charge on any atom is 0.271 e. The number of thioether (sulfide) groups is 1. The largest absolute Gasteiger partial charge is 0.431 e. The SMILES string of the molecule is Cc1ccc2oc(SCc3nc(C(=O)NCc4ccncc4)cs3)nc2c1. The fraction of sp³-hybridized carbons (Fsp3) is 0.158. The van der Waals surface area contributed by atoms with E-state index in [0.29, 0.717) is 23.2 Å². The van der Waals surface area contributed by atoms with E-state index in [1.165, 1.54) is 23.1 Å². The molecule has 0 saturated heterocycles. The minimum Gasteiger partial charge on any atom is -0.431 e. The number of pyridine rings is 1. The summed E-state index contributed by atoms with van der Waals surface area (Å²) in [5, 5.41) is 6.10. The van der Waals surface area contributed by atoms with Crippen LogP contribution in [0.5, 0.6) is 0 Å². The Morgan fingerprint density at radius 3 is 2.93 bits per heavy atom. The average molecular weight is 396 g/mol. The van der Waals surface area contributed by atoms with Crippen LogP contribution in [0.25, 0.3) is 11.1 Å². The van der Waals surface area contributed by atoms with Crippen molar-refractivity contribution in [3.63, 3.8) is 0 Å². The number of aryl methyl sites for hydroxylation is 1. The zero-order valence-corrected chi connectivity index (χ0v) is 16.1. The summed E-state index contributed by atoms with van der Waals surface area (Å²) in [4.78, 5) is 25.1. The van der Waals surface area contributed by atoms with Crippen molar-refractivity contribution in [1.82, 2.24) is 20.3 Å². The van der Waals surface area contributed by atoms with Crippen LogP contribution < -0.4 is 5.32 Å². The molecule has 4 rings (SSSR count). The molecule has 1 amide bonds. The molecule has 0 aliphatic rings. The van der Waals surface area contributed by atoms with Crippen LogP contribution in [0.4, 0.5) is 0 Å². The highest BCUT2D eigenvalue weighted by Crippen LogP contribution is 2.27. The Balaban J connectivity index is 1.35. The number of nitrogens with one attached hydrogen (secondary N) is 1. The molecule has 4 aromatic rings. The Morgan fingerprint density at radius 1 is 1.22 bits per heavy atom. The zero-order chi connectivity index (χ0) is 18.6. The number of oxazole rings is 1. The lowest BCUT2D eigenvalue weighted by atomic mass is 10.2. The molecule has 6 nitrogen and oxygen atoms in total. The van der Waals surface area contributed by atoms with Gasteiger partial charge in [-0.2, -0.15) is 0 Å². The third kappa shape index (κ3) is 4.35. The Kier molecular flexibility index (Phi) is 5.17. The number of rotatable bonds is 6. The smallest absolute Gasteiger partial charge is 0.271 e. The molecule has 0 atom stereocenters. The van der Waals surface area contributed by atoms with E-state index in [1.807, 2.05) is 37.3 Å². The van der Waals surface area contributed by atoms with Gasteiger partial charge in [0.15, 0.2) is 5.58 Å². The first-order valence-corrected chi connectivity index (χ1v) is 10.2. The molecule has 0 bridgehead atoms. The van der Waals surface area contributed by atoms with Gasteiger partial charge in [0.25, 0.3) is 11.1 Å². The first-order valence-electron chi connectivity index (χ1n) is 8.29. The minimum absolute atomic E-state index is 0.184. The molecule has 3 aromatic heterocycles. The van der Waals surface area contributed by atoms with E-state index < -0.39 is 0 Å². The van der Waals surface area contributed by atoms with E-state index in [2.05, 4.69) is 20.3 Å². The minimum atomic E-state index is -0.184. The summed E-state index contributed by atoms with van der Waals surface area (Å²) >= 11 is 2.93. The number of hydrogen-bond donors (Lipinski definition) is 1. The summed E-state index contributed by atoms with van der Waals surface area (Å²) in [6.07, 6.45) is 3.40. The van der Waals surface area contributed by atoms with Gasteiger partial charge >= 0.3 is 0 Å². The van der Waals surface area contributed by atoms with Crippen LogP contribution in [-0.2, 0) is 12.3 Å². The van der Waals surface area contributed by atoms with Crippen molar-refractivity contribution in [3.8, 4) is 0 Å². The number of nitrogens with zero attached hydrogens (tertiary/aromatic N) is 3. The van der Waals surface area contributed by atoms with Gasteiger partial charge in [-0.3, -0.25) is 9.78 Å². The molecular weight excluding hydrogens is 380 g/mol. The van der Waals surface area contributed by atoms with Crippen LogP contribution in [0.1, 0.15) is 26.6 Å². The lowest BCUT2D eigenvalue weighted by Gasteiger charge is -2.02. The Morgan fingerprint density at radius 2 is 2.07 bits per heavy atom. The maximum absolute atomic E-state index is 12.2. The van der Waals surface area contributed by atoms with Gasteiger partial charge in [0, 0.05) is 24.3 Å². The van der Waals surface area contributed by atoms with Crippen LogP contribution >= 0.6 is 23.1 Å². The molecule has 0 radical (unpaired) electrons. The van der Waals surface area contributed by atoms with Crippen molar-refractivity contribution in [3.05, 3.63) is 69.9 Å². The Hall–Kier alpha value is -2.71. The van der Waals surface area contributed by atoms with Gasteiger partial charge in [-0.25, -0.2) is 9.97 Å². The molecule has 0 aliphatic heterocycles. The number of fused-ring (bicyclic) bond motifs is 1. The molecule has 0 fully saturated rings. The molecule has 27 heavy (non-hydrogen) atoms. The van der Waals surface area contributed by atoms with Gasteiger partial charge in [0.2, 0.25) is 0 Å². The van der Waals surface area contributed by atoms with E-state index in [1.54, 1.807) is 17.8 Å². The van der Waals surface area contributed by atoms with E-state index >= 15 is 0 Å². The molecule has 0 aliphatic carbocycles. The zero-order valence-electron chi connectivity index (χ0n) is 14.5. The standard InChI is InChI=1S/C19H16N4O2S2/c1-12-2-3-16-14(8-12)23-19(25-16)27-11-17-22-15(10-26-17)18(24)21-9-13-4-6-20-7-5-13/h2-8,10H,9,11H2,1H3,(H,21,24). The molecule has 0 saturated carbocycles. The molecule has 0 unspecified atom stereocenters. The Labute approximate surface area is 164 Å². The second kappa shape index (κ2) is 7.89. The van der Waals surface area contributed by atoms with Gasteiger partial charge < -0.3 is 9.73 Å². The molecule has 1 aromatic carbocycles. The normalized spacial score (nSPS) is 11.0. The van der Waals surface area contributed by atoms with Crippen molar-refractivity contribution in [2.45, 2.75) is 24.4 Å². The molecule has 1 N–H and O–H groups in total. The summed E-state index contributed by atoms with van der Waals surface area (Å²) in [5.41, 5.74) is 4.20. The number of carbonyl (C=O) groups excluding carboxylic acids is 1. The highest BCUT2D eigenvalue weighted by atomic mass is 32.2. The van der Waals surface area contributed by atoms with E-state index in [0.717, 1.165) is 27.2 Å². The van der Waals surface area contributed by atoms with E-state index in [-0.39, 0.29) is 5.91 Å². The number of aromatic nitrogens is 3. The van der Waals surface area contributed by atoms with Crippen molar-refractivity contribution < 1.29 is 9.21 Å². The topological polar surface area (TPSA) is 80.9 Å². The van der Waals surface area contributed by atoms with E-state index in [9.17, 15) is 4.79 Å². The maximum atomic E-state index is 12.2. The average Bonchev–Trinajstić information content (AvgIpc) is 3.31. The fourth-order valence-corrected chi connectivity index (χ4v) is 4.09. The predicted molar refractivity (Wildman–Crippen MR) is 106 cm³/mol.